The maximum Gasteiger partial charge on any atom is 0.191 e. The van der Waals surface area contributed by atoms with E-state index in [0.717, 1.165) is 37.9 Å². The first-order valence-electron chi connectivity index (χ1n) is 8.50. The third-order valence-corrected chi connectivity index (χ3v) is 3.77. The van der Waals surface area contributed by atoms with Crippen LogP contribution in [0.5, 0.6) is 0 Å². The second kappa shape index (κ2) is 13.6. The van der Waals surface area contributed by atoms with Crippen LogP contribution in [-0.4, -0.2) is 50.1 Å². The van der Waals surface area contributed by atoms with Crippen molar-refractivity contribution in [3.05, 3.63) is 0 Å². The third kappa shape index (κ3) is 10.3. The van der Waals surface area contributed by atoms with Crippen LogP contribution in [0.4, 0.5) is 0 Å². The monoisotopic (exact) mass is 410 g/mol. The van der Waals surface area contributed by atoms with Crippen molar-refractivity contribution in [2.24, 2.45) is 10.9 Å². The number of aliphatic imine (C=N–C) groups is 1. The molecule has 1 atom stereocenters. The molecule has 1 saturated heterocycles. The fourth-order valence-electron chi connectivity index (χ4n) is 2.72. The molecule has 0 aliphatic carbocycles. The molecule has 1 aliphatic heterocycles. The Bertz CT molecular complexity index is 271. The van der Waals surface area contributed by atoms with Crippen molar-refractivity contribution in [2.45, 2.75) is 52.9 Å². The van der Waals surface area contributed by atoms with Crippen molar-refractivity contribution in [3.63, 3.8) is 0 Å². The zero-order chi connectivity index (χ0) is 14.6. The standard InChI is InChI=1S/C16H34N4.HI/c1-4-10-18-16(17-5-2)19-11-6-7-12-20-13-8-9-15(3)14-20;/h15H,4-14H2,1-3H3,(H2,17,18,19);1H. The van der Waals surface area contributed by atoms with Crippen molar-refractivity contribution in [2.75, 3.05) is 39.3 Å². The topological polar surface area (TPSA) is 39.7 Å². The zero-order valence-electron chi connectivity index (χ0n) is 14.2. The first-order valence-corrected chi connectivity index (χ1v) is 8.50. The van der Waals surface area contributed by atoms with Crippen molar-refractivity contribution in [1.29, 1.82) is 0 Å². The molecule has 21 heavy (non-hydrogen) atoms. The molecule has 5 heteroatoms. The second-order valence-corrected chi connectivity index (χ2v) is 5.94. The number of guanidine groups is 1. The number of piperidine rings is 1. The van der Waals surface area contributed by atoms with E-state index in [4.69, 9.17) is 0 Å². The Morgan fingerprint density at radius 3 is 2.71 bits per heavy atom. The highest BCUT2D eigenvalue weighted by molar-refractivity contribution is 14.0. The fraction of sp³-hybridized carbons (Fsp3) is 0.938. The molecule has 1 fully saturated rings. The van der Waals surface area contributed by atoms with Gasteiger partial charge in [-0.15, -0.1) is 24.0 Å². The van der Waals surface area contributed by atoms with Gasteiger partial charge in [0.1, 0.15) is 0 Å². The molecule has 4 nitrogen and oxygen atoms in total. The molecule has 0 aromatic carbocycles. The Balaban J connectivity index is 0.00000400. The lowest BCUT2D eigenvalue weighted by Crippen LogP contribution is -2.38. The first kappa shape index (κ1) is 21.0. The average Bonchev–Trinajstić information content (AvgIpc) is 2.44. The Hall–Kier alpha value is -0.0400. The summed E-state index contributed by atoms with van der Waals surface area (Å²) in [7, 11) is 0. The summed E-state index contributed by atoms with van der Waals surface area (Å²) in [6.07, 6.45) is 6.41. The Morgan fingerprint density at radius 1 is 1.24 bits per heavy atom. The minimum Gasteiger partial charge on any atom is -0.357 e. The van der Waals surface area contributed by atoms with E-state index >= 15 is 0 Å². The van der Waals surface area contributed by atoms with E-state index in [2.05, 4.69) is 41.3 Å². The van der Waals surface area contributed by atoms with Crippen LogP contribution in [0, 0.1) is 5.92 Å². The van der Waals surface area contributed by atoms with E-state index in [1.54, 1.807) is 0 Å². The van der Waals surface area contributed by atoms with Crippen LogP contribution in [0.2, 0.25) is 0 Å². The number of likely N-dealkylation sites (tertiary alicyclic amines) is 1. The Morgan fingerprint density at radius 2 is 2.05 bits per heavy atom. The number of halogens is 1. The quantitative estimate of drug-likeness (QED) is 0.280. The maximum atomic E-state index is 4.51. The predicted molar refractivity (Wildman–Crippen MR) is 104 cm³/mol. The predicted octanol–water partition coefficient (Wildman–Crippen LogP) is 3.08. The Labute approximate surface area is 148 Å². The van der Waals surface area contributed by atoms with Gasteiger partial charge >= 0.3 is 0 Å². The highest BCUT2D eigenvalue weighted by Crippen LogP contribution is 2.15. The lowest BCUT2D eigenvalue weighted by molar-refractivity contribution is 0.181. The summed E-state index contributed by atoms with van der Waals surface area (Å²) in [6.45, 7) is 13.4. The van der Waals surface area contributed by atoms with Gasteiger partial charge in [-0.1, -0.05) is 13.8 Å². The van der Waals surface area contributed by atoms with Gasteiger partial charge < -0.3 is 15.5 Å². The number of hydrogen-bond acceptors (Lipinski definition) is 2. The van der Waals surface area contributed by atoms with Gasteiger partial charge in [-0.25, -0.2) is 0 Å². The van der Waals surface area contributed by atoms with E-state index in [-0.39, 0.29) is 24.0 Å². The summed E-state index contributed by atoms with van der Waals surface area (Å²) >= 11 is 0. The van der Waals surface area contributed by atoms with Gasteiger partial charge in [-0.2, -0.15) is 0 Å². The highest BCUT2D eigenvalue weighted by atomic mass is 127. The van der Waals surface area contributed by atoms with Crippen molar-refractivity contribution < 1.29 is 0 Å². The molecule has 0 aromatic heterocycles. The van der Waals surface area contributed by atoms with Crippen LogP contribution in [-0.2, 0) is 0 Å². The molecule has 0 saturated carbocycles. The van der Waals surface area contributed by atoms with Gasteiger partial charge in [0.05, 0.1) is 0 Å². The minimum atomic E-state index is 0. The number of hydrogen-bond donors (Lipinski definition) is 2. The van der Waals surface area contributed by atoms with Crippen molar-refractivity contribution in [1.82, 2.24) is 15.5 Å². The average molecular weight is 410 g/mol. The van der Waals surface area contributed by atoms with Gasteiger partial charge in [0.2, 0.25) is 0 Å². The summed E-state index contributed by atoms with van der Waals surface area (Å²) < 4.78 is 0. The van der Waals surface area contributed by atoms with Crippen LogP contribution < -0.4 is 10.6 Å². The van der Waals surface area contributed by atoms with E-state index in [1.807, 2.05) is 0 Å². The zero-order valence-corrected chi connectivity index (χ0v) is 16.5. The van der Waals surface area contributed by atoms with Gasteiger partial charge in [0, 0.05) is 26.2 Å². The van der Waals surface area contributed by atoms with E-state index < -0.39 is 0 Å². The van der Waals surface area contributed by atoms with Crippen LogP contribution >= 0.6 is 24.0 Å². The van der Waals surface area contributed by atoms with Crippen molar-refractivity contribution >= 4 is 29.9 Å². The summed E-state index contributed by atoms with van der Waals surface area (Å²) in [5, 5.41) is 6.71. The molecule has 126 valence electrons. The molecule has 0 spiro atoms. The largest absolute Gasteiger partial charge is 0.357 e. The molecule has 0 amide bonds. The van der Waals surface area contributed by atoms with Gasteiger partial charge in [0.25, 0.3) is 0 Å². The molecule has 1 heterocycles. The minimum absolute atomic E-state index is 0. The first-order chi connectivity index (χ1) is 9.76. The number of unbranched alkanes of at least 4 members (excludes halogenated alkanes) is 1. The summed E-state index contributed by atoms with van der Waals surface area (Å²) in [5.74, 6) is 1.87. The molecule has 0 aromatic rings. The van der Waals surface area contributed by atoms with Crippen LogP contribution in [0.3, 0.4) is 0 Å². The van der Waals surface area contributed by atoms with Gasteiger partial charge in [-0.3, -0.25) is 4.99 Å². The number of nitrogens with one attached hydrogen (secondary N) is 2. The van der Waals surface area contributed by atoms with Crippen LogP contribution in [0.15, 0.2) is 4.99 Å². The Kier molecular flexibility index (Phi) is 13.6. The molecule has 2 N–H and O–H groups in total. The molecule has 1 unspecified atom stereocenters. The van der Waals surface area contributed by atoms with Gasteiger partial charge in [-0.05, 0) is 58.0 Å². The lowest BCUT2D eigenvalue weighted by atomic mass is 10.0. The highest BCUT2D eigenvalue weighted by Gasteiger charge is 2.15. The SMILES string of the molecule is CCCN=C(NCC)NCCCCN1CCCC(C)C1.I. The number of rotatable bonds is 8. The van der Waals surface area contributed by atoms with Crippen LogP contribution in [0.25, 0.3) is 0 Å². The smallest absolute Gasteiger partial charge is 0.191 e. The molecule has 1 rings (SSSR count). The second-order valence-electron chi connectivity index (χ2n) is 5.94. The molecule has 0 bridgehead atoms. The molecular formula is C16H35IN4. The molecular weight excluding hydrogens is 375 g/mol. The lowest BCUT2D eigenvalue weighted by Gasteiger charge is -2.30. The summed E-state index contributed by atoms with van der Waals surface area (Å²) in [6, 6.07) is 0. The summed E-state index contributed by atoms with van der Waals surface area (Å²) in [4.78, 5) is 7.14. The van der Waals surface area contributed by atoms with E-state index in [0.29, 0.717) is 0 Å². The number of nitrogens with zero attached hydrogens (tertiary/aromatic N) is 2. The van der Waals surface area contributed by atoms with E-state index in [1.165, 1.54) is 45.3 Å². The third-order valence-electron chi connectivity index (χ3n) is 3.77. The van der Waals surface area contributed by atoms with Gasteiger partial charge in [0.15, 0.2) is 5.96 Å². The summed E-state index contributed by atoms with van der Waals surface area (Å²) in [5.41, 5.74) is 0. The van der Waals surface area contributed by atoms with Crippen LogP contribution in [0.1, 0.15) is 52.9 Å². The van der Waals surface area contributed by atoms with E-state index in [9.17, 15) is 0 Å². The fourth-order valence-corrected chi connectivity index (χ4v) is 2.72. The maximum absolute atomic E-state index is 4.51. The normalized spacial score (nSPS) is 20.0. The van der Waals surface area contributed by atoms with Crippen molar-refractivity contribution in [3.8, 4) is 0 Å². The molecule has 1 aliphatic rings. The molecule has 0 radical (unpaired) electrons.